The van der Waals surface area contributed by atoms with Crippen LogP contribution in [0.15, 0.2) is 24.3 Å². The van der Waals surface area contributed by atoms with Gasteiger partial charge in [-0.1, -0.05) is 17.7 Å². The van der Waals surface area contributed by atoms with E-state index < -0.39 is 17.9 Å². The number of carbonyl (C=O) groups is 3. The summed E-state index contributed by atoms with van der Waals surface area (Å²) >= 11 is 0. The summed E-state index contributed by atoms with van der Waals surface area (Å²) in [5, 5.41) is 13.9. The van der Waals surface area contributed by atoms with Crippen molar-refractivity contribution in [3.8, 4) is 0 Å². The lowest BCUT2D eigenvalue weighted by atomic mass is 10.1. The monoisotopic (exact) mass is 290 g/mol. The van der Waals surface area contributed by atoms with Crippen LogP contribution in [0.5, 0.6) is 0 Å². The van der Waals surface area contributed by atoms with E-state index in [4.69, 9.17) is 5.11 Å². The first kappa shape index (κ1) is 15.0. The van der Waals surface area contributed by atoms with Crippen LogP contribution in [0.25, 0.3) is 0 Å². The molecule has 2 amide bonds. The van der Waals surface area contributed by atoms with Crippen LogP contribution in [-0.4, -0.2) is 35.5 Å². The van der Waals surface area contributed by atoms with E-state index in [1.165, 1.54) is 0 Å². The summed E-state index contributed by atoms with van der Waals surface area (Å²) in [5.74, 6) is -1.87. The highest BCUT2D eigenvalue weighted by Gasteiger charge is 2.37. The molecule has 0 saturated heterocycles. The fraction of sp³-hybridized carbons (Fsp3) is 0.400. The van der Waals surface area contributed by atoms with Crippen molar-refractivity contribution in [1.82, 2.24) is 10.6 Å². The average Bonchev–Trinajstić information content (AvgIpc) is 3.27. The highest BCUT2D eigenvalue weighted by Crippen LogP contribution is 2.32. The normalized spacial score (nSPS) is 15.1. The molecule has 0 aliphatic heterocycles. The Labute approximate surface area is 122 Å². The molecule has 1 aromatic carbocycles. The van der Waals surface area contributed by atoms with Gasteiger partial charge in [-0.15, -0.1) is 0 Å². The Hall–Kier alpha value is -2.37. The lowest BCUT2D eigenvalue weighted by molar-refractivity contribution is -0.142. The number of benzene rings is 1. The standard InChI is InChI=1S/C15H18N2O4/c1-9-2-4-11(5-3-9)14(19)16-8-12(18)17-13(15(20)21)10-6-7-10/h2-5,10,13H,6-8H2,1H3,(H,16,19)(H,17,18)(H,20,21). The molecule has 0 spiro atoms. The molecular formula is C15H18N2O4. The van der Waals surface area contributed by atoms with Crippen molar-refractivity contribution in [2.45, 2.75) is 25.8 Å². The Morgan fingerprint density at radius 3 is 2.38 bits per heavy atom. The second-order valence-electron chi connectivity index (χ2n) is 5.27. The summed E-state index contributed by atoms with van der Waals surface area (Å²) in [6, 6.07) is 6.11. The minimum absolute atomic E-state index is 0.0132. The summed E-state index contributed by atoms with van der Waals surface area (Å²) in [5.41, 5.74) is 1.50. The molecule has 1 atom stereocenters. The third kappa shape index (κ3) is 4.30. The minimum atomic E-state index is -1.03. The molecule has 3 N–H and O–H groups in total. The van der Waals surface area contributed by atoms with Crippen LogP contribution in [0.4, 0.5) is 0 Å². The van der Waals surface area contributed by atoms with Crippen LogP contribution < -0.4 is 10.6 Å². The number of carboxylic acid groups (broad SMARTS) is 1. The molecule has 0 heterocycles. The topological polar surface area (TPSA) is 95.5 Å². The van der Waals surface area contributed by atoms with Gasteiger partial charge in [-0.05, 0) is 37.8 Å². The molecule has 1 saturated carbocycles. The van der Waals surface area contributed by atoms with E-state index in [0.717, 1.165) is 18.4 Å². The van der Waals surface area contributed by atoms with E-state index >= 15 is 0 Å². The van der Waals surface area contributed by atoms with Crippen molar-refractivity contribution in [2.75, 3.05) is 6.54 Å². The Morgan fingerprint density at radius 2 is 1.86 bits per heavy atom. The summed E-state index contributed by atoms with van der Waals surface area (Å²) in [6.07, 6.45) is 1.62. The lowest BCUT2D eigenvalue weighted by Crippen LogP contribution is -2.46. The summed E-state index contributed by atoms with van der Waals surface area (Å²) in [4.78, 5) is 34.5. The number of carboxylic acids is 1. The number of rotatable bonds is 6. The van der Waals surface area contributed by atoms with Crippen molar-refractivity contribution in [3.05, 3.63) is 35.4 Å². The smallest absolute Gasteiger partial charge is 0.326 e. The number of hydrogen-bond acceptors (Lipinski definition) is 3. The van der Waals surface area contributed by atoms with Crippen molar-refractivity contribution in [3.63, 3.8) is 0 Å². The zero-order chi connectivity index (χ0) is 15.4. The van der Waals surface area contributed by atoms with Crippen molar-refractivity contribution < 1.29 is 19.5 Å². The maximum absolute atomic E-state index is 11.8. The van der Waals surface area contributed by atoms with Gasteiger partial charge in [0.25, 0.3) is 5.91 Å². The fourth-order valence-electron chi connectivity index (χ4n) is 2.00. The Bertz CT molecular complexity index is 549. The van der Waals surface area contributed by atoms with E-state index in [1.807, 2.05) is 19.1 Å². The van der Waals surface area contributed by atoms with Gasteiger partial charge in [-0.2, -0.15) is 0 Å². The minimum Gasteiger partial charge on any atom is -0.480 e. The van der Waals surface area contributed by atoms with Crippen molar-refractivity contribution in [2.24, 2.45) is 5.92 Å². The molecule has 21 heavy (non-hydrogen) atoms. The fourth-order valence-corrected chi connectivity index (χ4v) is 2.00. The van der Waals surface area contributed by atoms with Gasteiger partial charge < -0.3 is 15.7 Å². The number of aryl methyl sites for hydroxylation is 1. The zero-order valence-electron chi connectivity index (χ0n) is 11.8. The first-order valence-corrected chi connectivity index (χ1v) is 6.84. The average molecular weight is 290 g/mol. The molecular weight excluding hydrogens is 272 g/mol. The van der Waals surface area contributed by atoms with Gasteiger partial charge in [0.2, 0.25) is 5.91 Å². The SMILES string of the molecule is Cc1ccc(C(=O)NCC(=O)NC(C(=O)O)C2CC2)cc1. The van der Waals surface area contributed by atoms with E-state index in [1.54, 1.807) is 12.1 Å². The van der Waals surface area contributed by atoms with E-state index in [2.05, 4.69) is 10.6 Å². The molecule has 1 fully saturated rings. The number of aliphatic carboxylic acids is 1. The quantitative estimate of drug-likeness (QED) is 0.719. The van der Waals surface area contributed by atoms with Crippen LogP contribution >= 0.6 is 0 Å². The van der Waals surface area contributed by atoms with Gasteiger partial charge in [-0.25, -0.2) is 4.79 Å². The molecule has 1 unspecified atom stereocenters. The van der Waals surface area contributed by atoms with Gasteiger partial charge in [0, 0.05) is 5.56 Å². The van der Waals surface area contributed by atoms with Gasteiger partial charge in [-0.3, -0.25) is 9.59 Å². The number of hydrogen-bond donors (Lipinski definition) is 3. The van der Waals surface area contributed by atoms with Crippen LogP contribution in [0, 0.1) is 12.8 Å². The molecule has 0 bridgehead atoms. The van der Waals surface area contributed by atoms with Gasteiger partial charge >= 0.3 is 5.97 Å². The summed E-state index contributed by atoms with van der Waals surface area (Å²) < 4.78 is 0. The highest BCUT2D eigenvalue weighted by molar-refractivity contribution is 5.96. The van der Waals surface area contributed by atoms with Crippen molar-refractivity contribution >= 4 is 17.8 Å². The van der Waals surface area contributed by atoms with Gasteiger partial charge in [0.15, 0.2) is 0 Å². The Morgan fingerprint density at radius 1 is 1.24 bits per heavy atom. The van der Waals surface area contributed by atoms with Crippen LogP contribution in [0.1, 0.15) is 28.8 Å². The second-order valence-corrected chi connectivity index (χ2v) is 5.27. The predicted octanol–water partition coefficient (Wildman–Crippen LogP) is 0.704. The Kier molecular flexibility index (Phi) is 4.57. The number of amides is 2. The molecule has 112 valence electrons. The summed E-state index contributed by atoms with van der Waals surface area (Å²) in [7, 11) is 0. The predicted molar refractivity (Wildman–Crippen MR) is 75.8 cm³/mol. The maximum atomic E-state index is 11.8. The lowest BCUT2D eigenvalue weighted by Gasteiger charge is -2.13. The first-order chi connectivity index (χ1) is 9.97. The van der Waals surface area contributed by atoms with E-state index in [0.29, 0.717) is 5.56 Å². The molecule has 1 aliphatic carbocycles. The molecule has 6 heteroatoms. The van der Waals surface area contributed by atoms with Gasteiger partial charge in [0.05, 0.1) is 6.54 Å². The number of carbonyl (C=O) groups excluding carboxylic acids is 2. The third-order valence-electron chi connectivity index (χ3n) is 3.40. The summed E-state index contributed by atoms with van der Waals surface area (Å²) in [6.45, 7) is 1.68. The van der Waals surface area contributed by atoms with E-state index in [-0.39, 0.29) is 18.4 Å². The molecule has 1 aliphatic rings. The van der Waals surface area contributed by atoms with Crippen LogP contribution in [0.2, 0.25) is 0 Å². The molecule has 0 radical (unpaired) electrons. The number of nitrogens with one attached hydrogen (secondary N) is 2. The zero-order valence-corrected chi connectivity index (χ0v) is 11.8. The maximum Gasteiger partial charge on any atom is 0.326 e. The van der Waals surface area contributed by atoms with Crippen LogP contribution in [0.3, 0.4) is 0 Å². The van der Waals surface area contributed by atoms with Gasteiger partial charge in [0.1, 0.15) is 6.04 Å². The largest absolute Gasteiger partial charge is 0.480 e. The van der Waals surface area contributed by atoms with Crippen LogP contribution in [-0.2, 0) is 9.59 Å². The molecule has 1 aromatic rings. The first-order valence-electron chi connectivity index (χ1n) is 6.84. The van der Waals surface area contributed by atoms with Crippen molar-refractivity contribution in [1.29, 1.82) is 0 Å². The Balaban J connectivity index is 1.81. The molecule has 2 rings (SSSR count). The van der Waals surface area contributed by atoms with E-state index in [9.17, 15) is 14.4 Å². The second kappa shape index (κ2) is 6.39. The third-order valence-corrected chi connectivity index (χ3v) is 3.40. The highest BCUT2D eigenvalue weighted by atomic mass is 16.4. The molecule has 6 nitrogen and oxygen atoms in total. The molecule has 0 aromatic heterocycles.